The van der Waals surface area contributed by atoms with E-state index in [2.05, 4.69) is 5.10 Å². The molecule has 0 saturated carbocycles. The largest absolute Gasteiger partial charge is 0.842 e. The molecule has 2 aromatic heterocycles. The first-order valence-corrected chi connectivity index (χ1v) is 7.35. The minimum Gasteiger partial charge on any atom is -0.842 e. The maximum absolute atomic E-state index is 12.6. The third-order valence-corrected chi connectivity index (χ3v) is 3.75. The predicted octanol–water partition coefficient (Wildman–Crippen LogP) is 1.32. The topological polar surface area (TPSA) is 61.3 Å². The van der Waals surface area contributed by atoms with Gasteiger partial charge in [-0.2, -0.15) is 0 Å². The zero-order chi connectivity index (χ0) is 15.7. The van der Waals surface area contributed by atoms with Crippen LogP contribution < -0.4 is 15.2 Å². The number of benzene rings is 1. The van der Waals surface area contributed by atoms with Gasteiger partial charge in [0, 0.05) is 12.5 Å². The highest BCUT2D eigenvalue weighted by Crippen LogP contribution is 2.13. The Hall–Kier alpha value is -2.40. The molecule has 0 fully saturated rings. The van der Waals surface area contributed by atoms with Crippen LogP contribution in [0.5, 0.6) is 5.88 Å². The van der Waals surface area contributed by atoms with Gasteiger partial charge >= 0.3 is 11.2 Å². The molecule has 0 amide bonds. The molecule has 112 valence electrons. The Morgan fingerprint density at radius 1 is 1.23 bits per heavy atom. The molecule has 0 unspecified atom stereocenters. The van der Waals surface area contributed by atoms with E-state index in [1.54, 1.807) is 12.1 Å². The summed E-state index contributed by atoms with van der Waals surface area (Å²) in [5, 5.41) is 16.9. The smallest absolute Gasteiger partial charge is 0.365 e. The monoisotopic (exact) mass is 315 g/mol. The average Bonchev–Trinajstić information content (AvgIpc) is 2.53. The van der Waals surface area contributed by atoms with Crippen molar-refractivity contribution >= 4 is 17.2 Å². The van der Waals surface area contributed by atoms with Gasteiger partial charge in [0.25, 0.3) is 0 Å². The second-order valence-electron chi connectivity index (χ2n) is 4.92. The summed E-state index contributed by atoms with van der Waals surface area (Å²) in [4.78, 5) is 12.6. The molecule has 3 rings (SSSR count). The Kier molecular flexibility index (Phi) is 3.81. The summed E-state index contributed by atoms with van der Waals surface area (Å²) in [6, 6.07) is 12.6. The number of halogens is 1. The predicted molar refractivity (Wildman–Crippen MR) is 81.0 cm³/mol. The second kappa shape index (κ2) is 5.77. The third-order valence-electron chi connectivity index (χ3n) is 3.55. The molecule has 22 heavy (non-hydrogen) atoms. The van der Waals surface area contributed by atoms with Crippen LogP contribution >= 0.6 is 11.6 Å². The number of fused-ring (bicyclic) bond motifs is 1. The van der Waals surface area contributed by atoms with E-state index in [0.29, 0.717) is 12.2 Å². The van der Waals surface area contributed by atoms with Crippen molar-refractivity contribution < 1.29 is 9.67 Å². The van der Waals surface area contributed by atoms with Crippen molar-refractivity contribution in [2.24, 2.45) is 0 Å². The van der Waals surface area contributed by atoms with Crippen molar-refractivity contribution in [3.63, 3.8) is 0 Å². The van der Waals surface area contributed by atoms with E-state index < -0.39 is 5.56 Å². The lowest BCUT2D eigenvalue weighted by Crippen LogP contribution is -2.44. The van der Waals surface area contributed by atoms with Crippen LogP contribution in [0.4, 0.5) is 0 Å². The highest BCUT2D eigenvalue weighted by atomic mass is 35.5. The molecule has 1 aromatic carbocycles. The third kappa shape index (κ3) is 2.44. The van der Waals surface area contributed by atoms with E-state index >= 15 is 0 Å². The Balaban J connectivity index is 2.28. The van der Waals surface area contributed by atoms with Gasteiger partial charge in [0.05, 0.1) is 18.0 Å². The van der Waals surface area contributed by atoms with Crippen molar-refractivity contribution in [3.05, 3.63) is 69.1 Å². The van der Waals surface area contributed by atoms with Gasteiger partial charge in [-0.25, -0.2) is 9.36 Å². The minimum absolute atomic E-state index is 0.195. The highest BCUT2D eigenvalue weighted by molar-refractivity contribution is 6.29. The SMILES string of the molecule is CC[n+]1c([O-])c(Cc2ccccc2)c(=O)n2nc(Cl)ccc21. The van der Waals surface area contributed by atoms with Crippen LogP contribution in [0.2, 0.25) is 5.15 Å². The quantitative estimate of drug-likeness (QED) is 0.685. The van der Waals surface area contributed by atoms with Crippen LogP contribution in [-0.4, -0.2) is 9.61 Å². The maximum Gasteiger partial charge on any atom is 0.365 e. The molecule has 0 aliphatic carbocycles. The molecule has 0 aliphatic rings. The number of nitrogens with zero attached hydrogens (tertiary/aromatic N) is 3. The van der Waals surface area contributed by atoms with Crippen LogP contribution in [0.25, 0.3) is 5.65 Å². The number of hydrogen-bond donors (Lipinski definition) is 0. The van der Waals surface area contributed by atoms with E-state index in [1.807, 2.05) is 37.3 Å². The normalized spacial score (nSPS) is 11.0. The molecule has 3 aromatic rings. The number of aromatic nitrogens is 3. The van der Waals surface area contributed by atoms with Crippen LogP contribution in [0.3, 0.4) is 0 Å². The lowest BCUT2D eigenvalue weighted by atomic mass is 10.1. The molecule has 2 heterocycles. The van der Waals surface area contributed by atoms with E-state index in [-0.39, 0.29) is 23.0 Å². The first-order valence-electron chi connectivity index (χ1n) is 6.97. The Bertz CT molecular complexity index is 891. The second-order valence-corrected chi connectivity index (χ2v) is 5.31. The van der Waals surface area contributed by atoms with Crippen molar-refractivity contribution in [3.8, 4) is 5.88 Å². The standard InChI is InChI=1S/C16H14ClN3O2/c1-2-19-14-9-8-13(17)18-20(14)16(22)12(15(19)21)10-11-6-4-3-5-7-11/h3-9H,2,10H2,1H3. The van der Waals surface area contributed by atoms with Crippen molar-refractivity contribution in [2.45, 2.75) is 19.9 Å². The Labute approximate surface area is 132 Å². The molecule has 0 aliphatic heterocycles. The fourth-order valence-electron chi connectivity index (χ4n) is 2.49. The van der Waals surface area contributed by atoms with Gasteiger partial charge in [-0.3, -0.25) is 0 Å². The minimum atomic E-state index is -0.420. The first kappa shape index (κ1) is 14.5. The van der Waals surface area contributed by atoms with Gasteiger partial charge in [0.15, 0.2) is 5.15 Å². The van der Waals surface area contributed by atoms with Gasteiger partial charge < -0.3 is 5.11 Å². The number of aryl methyl sites for hydroxylation is 1. The van der Waals surface area contributed by atoms with Gasteiger partial charge in [-0.05, 0) is 18.6 Å². The summed E-state index contributed by atoms with van der Waals surface area (Å²) in [5.41, 5.74) is 1.12. The van der Waals surface area contributed by atoms with E-state index in [1.165, 1.54) is 9.08 Å². The molecular weight excluding hydrogens is 302 g/mol. The fourth-order valence-corrected chi connectivity index (χ4v) is 2.63. The maximum atomic E-state index is 12.6. The molecule has 6 heteroatoms. The zero-order valence-corrected chi connectivity index (χ0v) is 12.7. The first-order chi connectivity index (χ1) is 10.6. The summed E-state index contributed by atoms with van der Waals surface area (Å²) in [5.74, 6) is -0.277. The van der Waals surface area contributed by atoms with Crippen LogP contribution in [0, 0.1) is 0 Å². The van der Waals surface area contributed by atoms with Gasteiger partial charge in [-0.15, -0.1) is 0 Å². The van der Waals surface area contributed by atoms with E-state index in [0.717, 1.165) is 5.56 Å². The number of rotatable bonds is 3. The lowest BCUT2D eigenvalue weighted by molar-refractivity contribution is -0.714. The Morgan fingerprint density at radius 2 is 1.95 bits per heavy atom. The molecule has 0 spiro atoms. The van der Waals surface area contributed by atoms with Crippen molar-refractivity contribution in [2.75, 3.05) is 0 Å². The van der Waals surface area contributed by atoms with Gasteiger partial charge in [0.1, 0.15) is 0 Å². The zero-order valence-electron chi connectivity index (χ0n) is 12.0. The van der Waals surface area contributed by atoms with E-state index in [9.17, 15) is 9.90 Å². The molecule has 0 N–H and O–H groups in total. The summed E-state index contributed by atoms with van der Waals surface area (Å²) in [7, 11) is 0. The summed E-state index contributed by atoms with van der Waals surface area (Å²) in [6.45, 7) is 2.31. The molecule has 0 saturated heterocycles. The molecule has 5 nitrogen and oxygen atoms in total. The van der Waals surface area contributed by atoms with Crippen LogP contribution in [-0.2, 0) is 13.0 Å². The highest BCUT2D eigenvalue weighted by Gasteiger charge is 2.19. The molecule has 0 radical (unpaired) electrons. The summed E-state index contributed by atoms with van der Waals surface area (Å²) in [6.07, 6.45) is 0.273. The molecule has 0 bridgehead atoms. The summed E-state index contributed by atoms with van der Waals surface area (Å²) >= 11 is 5.88. The van der Waals surface area contributed by atoms with E-state index in [4.69, 9.17) is 11.6 Å². The molecular formula is C16H14ClN3O2. The summed E-state index contributed by atoms with van der Waals surface area (Å²) < 4.78 is 2.73. The Morgan fingerprint density at radius 3 is 2.64 bits per heavy atom. The van der Waals surface area contributed by atoms with Gasteiger partial charge in [0.2, 0.25) is 0 Å². The van der Waals surface area contributed by atoms with Crippen molar-refractivity contribution in [1.82, 2.24) is 9.61 Å². The number of hydrogen-bond acceptors (Lipinski definition) is 3. The lowest BCUT2D eigenvalue weighted by Gasteiger charge is -2.15. The van der Waals surface area contributed by atoms with Crippen LogP contribution in [0.15, 0.2) is 47.3 Å². The molecule has 0 atom stereocenters. The fraction of sp³-hybridized carbons (Fsp3) is 0.188. The average molecular weight is 316 g/mol. The van der Waals surface area contributed by atoms with Crippen LogP contribution in [0.1, 0.15) is 18.1 Å². The van der Waals surface area contributed by atoms with Crippen molar-refractivity contribution in [1.29, 1.82) is 0 Å². The van der Waals surface area contributed by atoms with Gasteiger partial charge in [-0.1, -0.05) is 51.5 Å².